The SMILES string of the molecule is O=C(NC1CCCCC1)[C@H]1S[C@@H](n2cnc3c(NCc4cccc(I)c4)ncnc32)[C@H](O)[C@@H]1O. The first-order chi connectivity index (χ1) is 16.5. The molecule has 1 saturated heterocycles. The van der Waals surface area contributed by atoms with Gasteiger partial charge in [-0.2, -0.15) is 0 Å². The van der Waals surface area contributed by atoms with Crippen molar-refractivity contribution in [1.82, 2.24) is 24.8 Å². The van der Waals surface area contributed by atoms with Crippen LogP contribution >= 0.6 is 34.4 Å². The van der Waals surface area contributed by atoms with Crippen LogP contribution in [0.1, 0.15) is 43.0 Å². The van der Waals surface area contributed by atoms with Gasteiger partial charge in [0.2, 0.25) is 5.91 Å². The molecule has 5 rings (SSSR count). The highest BCUT2D eigenvalue weighted by atomic mass is 127. The molecule has 0 radical (unpaired) electrons. The number of nitrogens with one attached hydrogen (secondary N) is 2. The average molecular weight is 594 g/mol. The summed E-state index contributed by atoms with van der Waals surface area (Å²) in [6, 6.07) is 8.33. The van der Waals surface area contributed by atoms with Crippen molar-refractivity contribution in [2.75, 3.05) is 5.32 Å². The van der Waals surface area contributed by atoms with Gasteiger partial charge >= 0.3 is 0 Å². The standard InChI is InChI=1S/C23H27IN6O3S/c24-14-6-4-5-13(9-14)10-25-20-16-21(27-11-26-20)30(12-28-16)23-18(32)17(31)19(34-23)22(33)29-15-7-2-1-3-8-15/h4-6,9,11-12,15,17-19,23,31-32H,1-3,7-8,10H2,(H,29,33)(H,25,26,27)/t17-,18+,19-,23+/m0/s1. The molecule has 3 aromatic rings. The number of fused-ring (bicyclic) bond motifs is 1. The molecule has 0 unspecified atom stereocenters. The monoisotopic (exact) mass is 594 g/mol. The Bertz CT molecular complexity index is 1170. The summed E-state index contributed by atoms with van der Waals surface area (Å²) in [6.45, 7) is 0.582. The molecule has 34 heavy (non-hydrogen) atoms. The second-order valence-corrected chi connectivity index (χ2v) is 11.3. The van der Waals surface area contributed by atoms with E-state index in [9.17, 15) is 15.0 Å². The number of benzene rings is 1. The fourth-order valence-electron chi connectivity index (χ4n) is 4.64. The van der Waals surface area contributed by atoms with E-state index in [4.69, 9.17) is 0 Å². The maximum absolute atomic E-state index is 12.9. The number of thioether (sulfide) groups is 1. The Morgan fingerprint density at radius 2 is 1.97 bits per heavy atom. The predicted molar refractivity (Wildman–Crippen MR) is 139 cm³/mol. The second kappa shape index (κ2) is 10.3. The van der Waals surface area contributed by atoms with Gasteiger partial charge in [0.1, 0.15) is 34.7 Å². The number of carbonyl (C=O) groups excluding carboxylic acids is 1. The van der Waals surface area contributed by atoms with E-state index >= 15 is 0 Å². The van der Waals surface area contributed by atoms with Gasteiger partial charge in [0.05, 0.1) is 6.33 Å². The van der Waals surface area contributed by atoms with Crippen LogP contribution in [0.3, 0.4) is 0 Å². The van der Waals surface area contributed by atoms with Crippen molar-refractivity contribution < 1.29 is 15.0 Å². The van der Waals surface area contributed by atoms with E-state index in [0.717, 1.165) is 34.8 Å². The van der Waals surface area contributed by atoms with Gasteiger partial charge in [-0.15, -0.1) is 11.8 Å². The lowest BCUT2D eigenvalue weighted by Crippen LogP contribution is -2.45. The molecule has 2 aliphatic rings. The minimum Gasteiger partial charge on any atom is -0.389 e. The third-order valence-corrected chi connectivity index (χ3v) is 8.67. The number of amides is 1. The predicted octanol–water partition coefficient (Wildman–Crippen LogP) is 2.83. The van der Waals surface area contributed by atoms with E-state index in [-0.39, 0.29) is 11.9 Å². The molecule has 1 saturated carbocycles. The van der Waals surface area contributed by atoms with Crippen molar-refractivity contribution in [1.29, 1.82) is 0 Å². The second-order valence-electron chi connectivity index (χ2n) is 8.80. The topological polar surface area (TPSA) is 125 Å². The lowest BCUT2D eigenvalue weighted by Gasteiger charge is -2.25. The average Bonchev–Trinajstić information content (AvgIpc) is 3.40. The van der Waals surface area contributed by atoms with Crippen LogP contribution in [0.15, 0.2) is 36.9 Å². The fraction of sp³-hybridized carbons (Fsp3) is 0.478. The first-order valence-electron chi connectivity index (χ1n) is 11.5. The number of hydrogen-bond donors (Lipinski definition) is 4. The normalized spacial score (nSPS) is 25.5. The number of imidazole rings is 1. The number of aliphatic hydroxyl groups is 2. The van der Waals surface area contributed by atoms with Crippen molar-refractivity contribution in [3.05, 3.63) is 46.1 Å². The summed E-state index contributed by atoms with van der Waals surface area (Å²) in [7, 11) is 0. The van der Waals surface area contributed by atoms with Crippen LogP contribution in [0.2, 0.25) is 0 Å². The zero-order valence-corrected chi connectivity index (χ0v) is 21.4. The number of nitrogens with zero attached hydrogens (tertiary/aromatic N) is 4. The molecule has 4 atom stereocenters. The van der Waals surface area contributed by atoms with Crippen molar-refractivity contribution in [3.63, 3.8) is 0 Å². The first kappa shape index (κ1) is 23.8. The van der Waals surface area contributed by atoms with E-state index in [1.807, 2.05) is 18.2 Å². The molecule has 9 nitrogen and oxygen atoms in total. The minimum atomic E-state index is -1.17. The Kier molecular flexibility index (Phi) is 7.23. The van der Waals surface area contributed by atoms with Gasteiger partial charge in [-0.1, -0.05) is 31.4 Å². The van der Waals surface area contributed by atoms with Crippen LogP contribution < -0.4 is 10.6 Å². The Hall–Kier alpha value is -1.96. The number of aromatic nitrogens is 4. The van der Waals surface area contributed by atoms with E-state index in [1.165, 1.54) is 24.5 Å². The highest BCUT2D eigenvalue weighted by Gasteiger charge is 2.47. The number of aliphatic hydroxyl groups excluding tert-OH is 2. The molecule has 0 bridgehead atoms. The molecule has 2 fully saturated rings. The van der Waals surface area contributed by atoms with Crippen LogP contribution in [0, 0.1) is 3.57 Å². The lowest BCUT2D eigenvalue weighted by atomic mass is 9.95. The molecule has 4 N–H and O–H groups in total. The maximum Gasteiger partial charge on any atom is 0.236 e. The lowest BCUT2D eigenvalue weighted by molar-refractivity contribution is -0.124. The van der Waals surface area contributed by atoms with E-state index in [2.05, 4.69) is 54.2 Å². The summed E-state index contributed by atoms with van der Waals surface area (Å²) in [5.41, 5.74) is 2.23. The molecule has 3 heterocycles. The fourth-order valence-corrected chi connectivity index (χ4v) is 6.67. The Balaban J connectivity index is 1.32. The summed E-state index contributed by atoms with van der Waals surface area (Å²) in [5, 5.41) is 26.5. The van der Waals surface area contributed by atoms with Gasteiger partial charge in [-0.05, 0) is 53.1 Å². The van der Waals surface area contributed by atoms with Crippen LogP contribution in [-0.2, 0) is 11.3 Å². The molecule has 11 heteroatoms. The summed E-state index contributed by atoms with van der Waals surface area (Å²) >= 11 is 3.52. The highest BCUT2D eigenvalue weighted by Crippen LogP contribution is 2.43. The maximum atomic E-state index is 12.9. The molecule has 2 aromatic heterocycles. The molecule has 1 aliphatic heterocycles. The molecule has 1 aromatic carbocycles. The summed E-state index contributed by atoms with van der Waals surface area (Å²) < 4.78 is 2.88. The zero-order chi connectivity index (χ0) is 23.7. The first-order valence-corrected chi connectivity index (χ1v) is 13.5. The third-order valence-electron chi connectivity index (χ3n) is 6.43. The number of hydrogen-bond acceptors (Lipinski definition) is 8. The molecule has 0 spiro atoms. The van der Waals surface area contributed by atoms with Crippen molar-refractivity contribution in [2.24, 2.45) is 0 Å². The van der Waals surface area contributed by atoms with E-state index in [0.29, 0.717) is 23.5 Å². The minimum absolute atomic E-state index is 0.147. The van der Waals surface area contributed by atoms with Crippen molar-refractivity contribution >= 4 is 57.2 Å². The van der Waals surface area contributed by atoms with Crippen LogP contribution in [-0.4, -0.2) is 59.1 Å². The number of anilines is 1. The molecular weight excluding hydrogens is 567 g/mol. The Labute approximate surface area is 215 Å². The van der Waals surface area contributed by atoms with E-state index in [1.54, 1.807) is 10.9 Å². The van der Waals surface area contributed by atoms with Crippen LogP contribution in [0.25, 0.3) is 11.2 Å². The van der Waals surface area contributed by atoms with Gasteiger partial charge < -0.3 is 20.8 Å². The van der Waals surface area contributed by atoms with Gasteiger partial charge in [0.15, 0.2) is 11.5 Å². The Morgan fingerprint density at radius 3 is 2.76 bits per heavy atom. The van der Waals surface area contributed by atoms with Gasteiger partial charge in [0.25, 0.3) is 0 Å². The molecular formula is C23H27IN6O3S. The smallest absolute Gasteiger partial charge is 0.236 e. The molecule has 1 amide bonds. The largest absolute Gasteiger partial charge is 0.389 e. The number of carbonyl (C=O) groups is 1. The summed E-state index contributed by atoms with van der Waals surface area (Å²) in [5.74, 6) is 0.372. The van der Waals surface area contributed by atoms with Crippen LogP contribution in [0.4, 0.5) is 5.82 Å². The number of rotatable bonds is 6. The molecule has 1 aliphatic carbocycles. The molecule has 180 valence electrons. The van der Waals surface area contributed by atoms with Gasteiger partial charge in [-0.3, -0.25) is 9.36 Å². The van der Waals surface area contributed by atoms with E-state index < -0.39 is 22.8 Å². The van der Waals surface area contributed by atoms with Gasteiger partial charge in [-0.25, -0.2) is 15.0 Å². The van der Waals surface area contributed by atoms with Crippen molar-refractivity contribution in [2.45, 2.75) is 67.5 Å². The quantitative estimate of drug-likeness (QED) is 0.322. The summed E-state index contributed by atoms with van der Waals surface area (Å²) in [4.78, 5) is 26.1. The highest BCUT2D eigenvalue weighted by molar-refractivity contribution is 14.1. The van der Waals surface area contributed by atoms with Gasteiger partial charge in [0, 0.05) is 16.2 Å². The van der Waals surface area contributed by atoms with Crippen LogP contribution in [0.5, 0.6) is 0 Å². The van der Waals surface area contributed by atoms with Crippen molar-refractivity contribution in [3.8, 4) is 0 Å². The number of halogens is 1. The summed E-state index contributed by atoms with van der Waals surface area (Å²) in [6.07, 6.45) is 6.09. The Morgan fingerprint density at radius 1 is 1.15 bits per heavy atom. The third kappa shape index (κ3) is 4.88. The zero-order valence-electron chi connectivity index (χ0n) is 18.5.